The molecule has 462 valence electrons. The predicted molar refractivity (Wildman–Crippen MR) is 298 cm³/mol. The molecule has 30 heteroatoms. The van der Waals surface area contributed by atoms with Crippen molar-refractivity contribution in [3.05, 3.63) is 0 Å². The van der Waals surface area contributed by atoms with Crippen LogP contribution in [0, 0.1) is 17.8 Å². The van der Waals surface area contributed by atoms with Gasteiger partial charge in [-0.05, 0) is 95.8 Å². The van der Waals surface area contributed by atoms with Crippen molar-refractivity contribution < 1.29 is 67.4 Å². The topological polar surface area (TPSA) is 487 Å². The smallest absolute Gasteiger partial charge is 0.325 e. The molecule has 0 aromatic carbocycles. The number of aliphatic imine (C=N–C) groups is 1. The molecule has 19 N–H and O–H groups in total. The van der Waals surface area contributed by atoms with Crippen LogP contribution >= 0.6 is 0 Å². The van der Waals surface area contributed by atoms with Gasteiger partial charge in [-0.1, -0.05) is 48.0 Å². The number of carboxylic acid groups (broad SMARTS) is 1. The maximum absolute atomic E-state index is 14.6. The number of nitrogens with zero attached hydrogens (tertiary/aromatic N) is 3. The zero-order valence-electron chi connectivity index (χ0n) is 48.5. The number of carbonyl (C=O) groups excluding carboxylic acids is 12. The van der Waals surface area contributed by atoms with Crippen molar-refractivity contribution >= 4 is 82.8 Å². The molecule has 82 heavy (non-hydrogen) atoms. The third-order valence-electron chi connectivity index (χ3n) is 14.0. The first-order valence-corrected chi connectivity index (χ1v) is 28.0. The van der Waals surface area contributed by atoms with Crippen LogP contribution in [0.3, 0.4) is 0 Å². The number of hydrogen-bond donors (Lipinski definition) is 14. The highest BCUT2D eigenvalue weighted by atomic mass is 16.4. The van der Waals surface area contributed by atoms with E-state index in [4.69, 9.17) is 33.8 Å². The molecular weight excluding hydrogens is 1070 g/mol. The Balaban J connectivity index is 2.32. The van der Waals surface area contributed by atoms with Crippen LogP contribution in [-0.2, 0) is 62.3 Å². The van der Waals surface area contributed by atoms with Gasteiger partial charge in [-0.3, -0.25) is 67.3 Å². The van der Waals surface area contributed by atoms with E-state index in [2.05, 4.69) is 47.5 Å². The molecule has 2 aliphatic rings. The molecule has 0 aliphatic carbocycles. The Kier molecular flexibility index (Phi) is 29.7. The fraction of sp³-hybridized carbons (Fsp3) is 0.731. The van der Waals surface area contributed by atoms with Gasteiger partial charge in [0.2, 0.25) is 70.9 Å². The fourth-order valence-electron chi connectivity index (χ4n) is 9.22. The van der Waals surface area contributed by atoms with Crippen LogP contribution in [0.4, 0.5) is 0 Å². The molecule has 0 radical (unpaired) electrons. The molecule has 0 bridgehead atoms. The Labute approximate surface area is 478 Å². The molecule has 2 rings (SSSR count). The van der Waals surface area contributed by atoms with E-state index < -0.39 is 150 Å². The lowest BCUT2D eigenvalue weighted by Gasteiger charge is -2.33. The zero-order chi connectivity index (χ0) is 62.1. The van der Waals surface area contributed by atoms with Gasteiger partial charge in [0, 0.05) is 32.5 Å². The highest BCUT2D eigenvalue weighted by Crippen LogP contribution is 2.24. The van der Waals surface area contributed by atoms with Crippen LogP contribution in [0.5, 0.6) is 0 Å². The molecular formula is C52H90N16O14. The molecule has 0 saturated carbocycles. The number of amides is 12. The number of nitrogens with one attached hydrogen (secondary N) is 8. The normalized spacial score (nSPS) is 18.2. The number of nitrogens with two attached hydrogens (primary N) is 5. The SMILES string of the molecule is CCC(C)C(NC(=O)C(N)CCC(N)=O)C(=O)NC(CC(C)C)C(=O)NC(CC(C)C)C(=O)N1CCCC1C(=O)NC(CCCN=C(N)N)C(=O)N1CCCC1C(=O)NCC(=O)NC(CCC(N)=O)C(=O)NC(C)C(=O)NC(C)C(=O)O. The summed E-state index contributed by atoms with van der Waals surface area (Å²) in [5.74, 6) is -11.0. The van der Waals surface area contributed by atoms with Crippen molar-refractivity contribution in [2.45, 2.75) is 199 Å². The second-order valence-electron chi connectivity index (χ2n) is 21.9. The minimum absolute atomic E-state index is 0.0124. The Bertz CT molecular complexity index is 2310. The lowest BCUT2D eigenvalue weighted by Crippen LogP contribution is -2.60. The van der Waals surface area contributed by atoms with E-state index in [1.807, 2.05) is 34.6 Å². The summed E-state index contributed by atoms with van der Waals surface area (Å²) < 4.78 is 0. The van der Waals surface area contributed by atoms with Crippen molar-refractivity contribution in [2.75, 3.05) is 26.2 Å². The Morgan fingerprint density at radius 1 is 0.561 bits per heavy atom. The molecule has 0 spiro atoms. The maximum Gasteiger partial charge on any atom is 0.325 e. The lowest BCUT2D eigenvalue weighted by atomic mass is 9.96. The Morgan fingerprint density at radius 2 is 1.07 bits per heavy atom. The van der Waals surface area contributed by atoms with Gasteiger partial charge >= 0.3 is 5.97 Å². The lowest BCUT2D eigenvalue weighted by molar-refractivity contribution is -0.145. The summed E-state index contributed by atoms with van der Waals surface area (Å²) in [7, 11) is 0. The fourth-order valence-corrected chi connectivity index (χ4v) is 9.22. The Morgan fingerprint density at radius 3 is 1.61 bits per heavy atom. The number of guanidine groups is 1. The molecule has 11 unspecified atom stereocenters. The first kappa shape index (κ1) is 70.4. The van der Waals surface area contributed by atoms with Gasteiger partial charge in [-0.25, -0.2) is 0 Å². The van der Waals surface area contributed by atoms with E-state index in [0.717, 1.165) is 0 Å². The van der Waals surface area contributed by atoms with E-state index in [1.54, 1.807) is 6.92 Å². The summed E-state index contributed by atoms with van der Waals surface area (Å²) >= 11 is 0. The summed E-state index contributed by atoms with van der Waals surface area (Å²) in [6.07, 6.45) is 1.17. The third-order valence-corrected chi connectivity index (χ3v) is 14.0. The van der Waals surface area contributed by atoms with Crippen LogP contribution in [0.1, 0.15) is 139 Å². The molecule has 30 nitrogen and oxygen atoms in total. The third kappa shape index (κ3) is 23.8. The number of carbonyl (C=O) groups is 13. The van der Waals surface area contributed by atoms with E-state index in [1.165, 1.54) is 23.6 Å². The van der Waals surface area contributed by atoms with Crippen LogP contribution in [0.25, 0.3) is 0 Å². The monoisotopic (exact) mass is 1160 g/mol. The van der Waals surface area contributed by atoms with Crippen molar-refractivity contribution in [3.63, 3.8) is 0 Å². The van der Waals surface area contributed by atoms with Gasteiger partial charge in [0.25, 0.3) is 0 Å². The molecule has 11 atom stereocenters. The number of aliphatic carboxylic acids is 1. The summed E-state index contributed by atoms with van der Waals surface area (Å²) in [5, 5.41) is 29.6. The highest BCUT2D eigenvalue weighted by Gasteiger charge is 2.43. The molecule has 2 aliphatic heterocycles. The van der Waals surface area contributed by atoms with Crippen molar-refractivity contribution in [3.8, 4) is 0 Å². The Hall–Kier alpha value is -7.66. The molecule has 2 heterocycles. The van der Waals surface area contributed by atoms with E-state index >= 15 is 0 Å². The van der Waals surface area contributed by atoms with E-state index in [0.29, 0.717) is 19.3 Å². The highest BCUT2D eigenvalue weighted by molar-refractivity contribution is 5.99. The second kappa shape index (κ2) is 34.6. The van der Waals surface area contributed by atoms with E-state index in [-0.39, 0.29) is 102 Å². The van der Waals surface area contributed by atoms with Gasteiger partial charge in [-0.2, -0.15) is 0 Å². The average molecular weight is 1160 g/mol. The first-order valence-electron chi connectivity index (χ1n) is 28.0. The maximum atomic E-state index is 14.6. The minimum Gasteiger partial charge on any atom is -0.480 e. The summed E-state index contributed by atoms with van der Waals surface area (Å²) in [6.45, 7) is 13.0. The molecule has 0 aromatic heterocycles. The average Bonchev–Trinajstić information content (AvgIpc) is 4.27. The van der Waals surface area contributed by atoms with Crippen LogP contribution in [0.15, 0.2) is 4.99 Å². The number of primary amides is 2. The van der Waals surface area contributed by atoms with Gasteiger partial charge < -0.3 is 86.1 Å². The van der Waals surface area contributed by atoms with Crippen LogP contribution in [0.2, 0.25) is 0 Å². The van der Waals surface area contributed by atoms with Crippen molar-refractivity contribution in [2.24, 2.45) is 51.4 Å². The van der Waals surface area contributed by atoms with Crippen LogP contribution < -0.4 is 71.2 Å². The minimum atomic E-state index is -1.42. The molecule has 2 fully saturated rings. The summed E-state index contributed by atoms with van der Waals surface area (Å²) in [5.41, 5.74) is 27.6. The summed E-state index contributed by atoms with van der Waals surface area (Å²) in [4.78, 5) is 178. The number of carboxylic acids is 1. The van der Waals surface area contributed by atoms with Gasteiger partial charge in [-0.15, -0.1) is 0 Å². The van der Waals surface area contributed by atoms with Gasteiger partial charge in [0.1, 0.15) is 54.4 Å². The number of rotatable bonds is 35. The predicted octanol–water partition coefficient (Wildman–Crippen LogP) is -4.35. The first-order chi connectivity index (χ1) is 38.4. The molecule has 2 saturated heterocycles. The van der Waals surface area contributed by atoms with Crippen molar-refractivity contribution in [1.82, 2.24) is 52.3 Å². The van der Waals surface area contributed by atoms with E-state index in [9.17, 15) is 62.3 Å². The second-order valence-corrected chi connectivity index (χ2v) is 21.9. The van der Waals surface area contributed by atoms with Crippen molar-refractivity contribution in [1.29, 1.82) is 0 Å². The number of hydrogen-bond acceptors (Lipinski definition) is 15. The number of likely N-dealkylation sites (tertiary alicyclic amines) is 2. The molecule has 12 amide bonds. The zero-order valence-corrected chi connectivity index (χ0v) is 48.5. The quantitative estimate of drug-likeness (QED) is 0.0162. The van der Waals surface area contributed by atoms with Gasteiger partial charge in [0.15, 0.2) is 5.96 Å². The van der Waals surface area contributed by atoms with Crippen LogP contribution in [-0.4, -0.2) is 184 Å². The summed E-state index contributed by atoms with van der Waals surface area (Å²) in [6, 6.07) is -12.0. The largest absolute Gasteiger partial charge is 0.480 e. The standard InChI is InChI=1S/C52H90N16O14/c1-9-28(6)41(66-43(73)31(53)16-18-38(54)69)48(78)64-34(23-26(2)3)45(75)65-35(24-27(4)5)50(80)68-22-12-15-37(68)47(77)63-33(13-10-20-58-52(56)57)49(79)67-21-11-14-36(67)46(76)59-25-40(71)62-32(17-19-39(55)70)44(74)60-29(7)42(72)61-30(8)51(81)82/h26-37,41H,9-25,53H2,1-8H3,(H2,54,69)(H2,55,70)(H,59,76)(H,60,74)(H,61,72)(H,62,71)(H,63,77)(H,64,78)(H,65,75)(H,66,73)(H,81,82)(H4,56,57,58). The van der Waals surface area contributed by atoms with Gasteiger partial charge in [0.05, 0.1) is 12.6 Å². The molecule has 0 aromatic rings.